The zero-order valence-electron chi connectivity index (χ0n) is 11.1. The number of nitrogens with one attached hydrogen (secondary N) is 1. The second kappa shape index (κ2) is 7.40. The summed E-state index contributed by atoms with van der Waals surface area (Å²) < 4.78 is 7.88. The van der Waals surface area contributed by atoms with E-state index in [1.54, 1.807) is 0 Å². The van der Waals surface area contributed by atoms with Gasteiger partial charge in [0, 0.05) is 13.6 Å². The number of benzene rings is 2. The molecule has 0 spiro atoms. The van der Waals surface area contributed by atoms with E-state index in [-0.39, 0.29) is 6.04 Å². The molecule has 5 heteroatoms. The number of para-hydroxylation sites is 1. The maximum atomic E-state index is 5.79. The van der Waals surface area contributed by atoms with Crippen LogP contribution in [0.25, 0.3) is 0 Å². The molecule has 0 aromatic heterocycles. The summed E-state index contributed by atoms with van der Waals surface area (Å²) in [5.41, 5.74) is 5.00. The fraction of sp³-hybridized carbons (Fsp3) is 0.200. The monoisotopic (exact) mass is 446 g/mol. The maximum absolute atomic E-state index is 5.79. The molecule has 2 aromatic carbocycles. The van der Waals surface area contributed by atoms with Crippen molar-refractivity contribution < 1.29 is 4.74 Å². The summed E-state index contributed by atoms with van der Waals surface area (Å²) in [4.78, 5) is 0. The van der Waals surface area contributed by atoms with Gasteiger partial charge in [0.25, 0.3) is 0 Å². The first-order valence-electron chi connectivity index (χ1n) is 6.30. The molecular weight excluding hydrogens is 431 g/mol. The van der Waals surface area contributed by atoms with Gasteiger partial charge >= 0.3 is 0 Å². The number of hydrogen-bond acceptors (Lipinski definition) is 3. The SMILES string of the molecule is CCOc1ccccc1C(NN)c1cc(I)ccc1Br. The van der Waals surface area contributed by atoms with Gasteiger partial charge in [0.05, 0.1) is 12.6 Å². The summed E-state index contributed by atoms with van der Waals surface area (Å²) in [7, 11) is 0. The van der Waals surface area contributed by atoms with Crippen molar-refractivity contribution in [3.63, 3.8) is 0 Å². The van der Waals surface area contributed by atoms with Crippen molar-refractivity contribution >= 4 is 38.5 Å². The van der Waals surface area contributed by atoms with Crippen LogP contribution in [0.15, 0.2) is 46.9 Å². The fourth-order valence-electron chi connectivity index (χ4n) is 2.09. The molecule has 1 atom stereocenters. The van der Waals surface area contributed by atoms with Crippen LogP contribution >= 0.6 is 38.5 Å². The van der Waals surface area contributed by atoms with Crippen LogP contribution in [0, 0.1) is 3.57 Å². The Kier molecular flexibility index (Phi) is 5.83. The predicted molar refractivity (Wildman–Crippen MR) is 93.6 cm³/mol. The van der Waals surface area contributed by atoms with Crippen LogP contribution in [0.4, 0.5) is 0 Å². The van der Waals surface area contributed by atoms with Crippen molar-refractivity contribution in [1.29, 1.82) is 0 Å². The van der Waals surface area contributed by atoms with Gasteiger partial charge in [0.2, 0.25) is 0 Å². The standard InChI is InChI=1S/C15H16BrIN2O/c1-2-20-14-6-4-3-5-11(14)15(19-18)12-9-10(17)7-8-13(12)16/h3-9,15,19H,2,18H2,1H3. The van der Waals surface area contributed by atoms with Crippen LogP contribution in [0.2, 0.25) is 0 Å². The molecule has 0 radical (unpaired) electrons. The van der Waals surface area contributed by atoms with Crippen LogP contribution in [0.1, 0.15) is 24.1 Å². The highest BCUT2D eigenvalue weighted by atomic mass is 127. The minimum atomic E-state index is -0.123. The topological polar surface area (TPSA) is 47.3 Å². The summed E-state index contributed by atoms with van der Waals surface area (Å²) in [5, 5.41) is 0. The zero-order valence-corrected chi connectivity index (χ0v) is 14.8. The second-order valence-electron chi connectivity index (χ2n) is 4.24. The predicted octanol–water partition coefficient (Wildman–Crippen LogP) is 4.01. The number of hydrazine groups is 1. The van der Waals surface area contributed by atoms with Crippen molar-refractivity contribution in [2.75, 3.05) is 6.61 Å². The lowest BCUT2D eigenvalue weighted by Gasteiger charge is -2.21. The minimum Gasteiger partial charge on any atom is -0.494 e. The largest absolute Gasteiger partial charge is 0.494 e. The van der Waals surface area contributed by atoms with Crippen molar-refractivity contribution in [2.45, 2.75) is 13.0 Å². The van der Waals surface area contributed by atoms with Gasteiger partial charge in [-0.05, 0) is 59.3 Å². The number of ether oxygens (including phenoxy) is 1. The quantitative estimate of drug-likeness (QED) is 0.414. The molecule has 3 N–H and O–H groups in total. The van der Waals surface area contributed by atoms with E-state index in [9.17, 15) is 0 Å². The Morgan fingerprint density at radius 3 is 2.70 bits per heavy atom. The van der Waals surface area contributed by atoms with Gasteiger partial charge < -0.3 is 4.74 Å². The molecule has 1 unspecified atom stereocenters. The van der Waals surface area contributed by atoms with Gasteiger partial charge in [-0.15, -0.1) is 0 Å². The second-order valence-corrected chi connectivity index (χ2v) is 6.34. The molecule has 20 heavy (non-hydrogen) atoms. The molecule has 3 nitrogen and oxygen atoms in total. The van der Waals surface area contributed by atoms with E-state index in [1.165, 1.54) is 0 Å². The Labute approximate surface area is 141 Å². The molecule has 2 rings (SSSR count). The number of rotatable bonds is 5. The lowest BCUT2D eigenvalue weighted by atomic mass is 9.98. The smallest absolute Gasteiger partial charge is 0.124 e. The fourth-order valence-corrected chi connectivity index (χ4v) is 3.08. The van der Waals surface area contributed by atoms with Gasteiger partial charge in [-0.25, -0.2) is 5.43 Å². The number of halogens is 2. The molecule has 2 aromatic rings. The number of nitrogens with two attached hydrogens (primary N) is 1. The number of hydrogen-bond donors (Lipinski definition) is 2. The molecule has 0 heterocycles. The van der Waals surface area contributed by atoms with Crippen molar-refractivity contribution in [3.05, 3.63) is 61.6 Å². The normalized spacial score (nSPS) is 12.2. The summed E-state index contributed by atoms with van der Waals surface area (Å²) in [6.07, 6.45) is 0. The van der Waals surface area contributed by atoms with Gasteiger partial charge in [-0.3, -0.25) is 5.84 Å². The van der Waals surface area contributed by atoms with Crippen LogP contribution in [0.5, 0.6) is 5.75 Å². The molecule has 0 amide bonds. The lowest BCUT2D eigenvalue weighted by molar-refractivity contribution is 0.333. The van der Waals surface area contributed by atoms with Crippen molar-refractivity contribution in [3.8, 4) is 5.75 Å². The third kappa shape index (κ3) is 3.52. The Balaban J connectivity index is 2.49. The molecule has 0 bridgehead atoms. The summed E-state index contributed by atoms with van der Waals surface area (Å²) in [5.74, 6) is 6.64. The molecule has 106 valence electrons. The summed E-state index contributed by atoms with van der Waals surface area (Å²) in [6, 6.07) is 14.0. The third-order valence-corrected chi connectivity index (χ3v) is 4.36. The van der Waals surface area contributed by atoms with E-state index >= 15 is 0 Å². The molecule has 0 aliphatic heterocycles. The molecule has 0 fully saturated rings. The molecule has 0 aliphatic carbocycles. The van der Waals surface area contributed by atoms with Gasteiger partial charge in [-0.1, -0.05) is 34.1 Å². The Morgan fingerprint density at radius 2 is 2.00 bits per heavy atom. The first-order valence-corrected chi connectivity index (χ1v) is 8.17. The van der Waals surface area contributed by atoms with Crippen LogP contribution < -0.4 is 16.0 Å². The van der Waals surface area contributed by atoms with Crippen LogP contribution in [0.3, 0.4) is 0 Å². The van der Waals surface area contributed by atoms with E-state index < -0.39 is 0 Å². The lowest BCUT2D eigenvalue weighted by Crippen LogP contribution is -2.29. The highest BCUT2D eigenvalue weighted by Gasteiger charge is 2.19. The Morgan fingerprint density at radius 1 is 1.25 bits per heavy atom. The van der Waals surface area contributed by atoms with Crippen LogP contribution in [-0.4, -0.2) is 6.61 Å². The van der Waals surface area contributed by atoms with Crippen molar-refractivity contribution in [1.82, 2.24) is 5.43 Å². The Hall–Kier alpha value is -0.630. The first kappa shape index (κ1) is 15.8. The average Bonchev–Trinajstić information content (AvgIpc) is 2.45. The highest BCUT2D eigenvalue weighted by molar-refractivity contribution is 14.1. The summed E-state index contributed by atoms with van der Waals surface area (Å²) in [6.45, 7) is 2.60. The highest BCUT2D eigenvalue weighted by Crippen LogP contribution is 2.34. The van der Waals surface area contributed by atoms with E-state index in [0.717, 1.165) is 24.9 Å². The van der Waals surface area contributed by atoms with Gasteiger partial charge in [0.1, 0.15) is 5.75 Å². The maximum Gasteiger partial charge on any atom is 0.124 e. The van der Waals surface area contributed by atoms with E-state index in [2.05, 4.69) is 56.1 Å². The van der Waals surface area contributed by atoms with Crippen molar-refractivity contribution in [2.24, 2.45) is 5.84 Å². The molecule has 0 saturated heterocycles. The van der Waals surface area contributed by atoms with Crippen LogP contribution in [-0.2, 0) is 0 Å². The van der Waals surface area contributed by atoms with E-state index in [4.69, 9.17) is 10.6 Å². The zero-order chi connectivity index (χ0) is 14.5. The van der Waals surface area contributed by atoms with E-state index in [1.807, 2.05) is 37.3 Å². The Bertz CT molecular complexity index is 592. The third-order valence-electron chi connectivity index (χ3n) is 2.97. The average molecular weight is 447 g/mol. The van der Waals surface area contributed by atoms with Gasteiger partial charge in [0.15, 0.2) is 0 Å². The molecule has 0 aliphatic rings. The summed E-state index contributed by atoms with van der Waals surface area (Å²) >= 11 is 5.89. The minimum absolute atomic E-state index is 0.123. The van der Waals surface area contributed by atoms with E-state index in [0.29, 0.717) is 6.61 Å². The van der Waals surface area contributed by atoms with Gasteiger partial charge in [-0.2, -0.15) is 0 Å². The molecule has 0 saturated carbocycles. The molecular formula is C15H16BrIN2O. The first-order chi connectivity index (χ1) is 9.67.